The molecule has 0 aliphatic carbocycles. The van der Waals surface area contributed by atoms with Gasteiger partial charge in [-0.05, 0) is 45.9 Å². The average Bonchev–Trinajstić information content (AvgIpc) is 3.17. The van der Waals surface area contributed by atoms with Gasteiger partial charge in [-0.15, -0.1) is 0 Å². The number of aliphatic hydroxyl groups excluding tert-OH is 1. The van der Waals surface area contributed by atoms with Crippen LogP contribution in [0.3, 0.4) is 0 Å². The maximum Gasteiger partial charge on any atom is 0.459 e. The molecule has 2 heterocycles. The Morgan fingerprint density at radius 1 is 1.26 bits per heavy atom. The number of hydrogen-bond acceptors (Lipinski definition) is 10. The number of aliphatic carboxylic acids is 1. The normalized spacial score (nSPS) is 21.8. The fourth-order valence-electron chi connectivity index (χ4n) is 3.32. The molecule has 0 bridgehead atoms. The van der Waals surface area contributed by atoms with E-state index >= 15 is 0 Å². The third kappa shape index (κ3) is 8.36. The summed E-state index contributed by atoms with van der Waals surface area (Å²) in [5, 5.41) is 24.4. The Bertz CT molecular complexity index is 1230. The second-order valence-corrected chi connectivity index (χ2v) is 11.1. The number of ether oxygens (including phenoxy) is 2. The molecule has 15 heteroatoms. The lowest BCUT2D eigenvalue weighted by atomic mass is 10.2. The Morgan fingerprint density at radius 3 is 2.55 bits per heavy atom. The van der Waals surface area contributed by atoms with Gasteiger partial charge in [0.05, 0.1) is 12.7 Å². The highest BCUT2D eigenvalue weighted by Gasteiger charge is 2.39. The second kappa shape index (κ2) is 12.0. The van der Waals surface area contributed by atoms with Crippen LogP contribution >= 0.6 is 7.75 Å². The van der Waals surface area contributed by atoms with Crippen molar-refractivity contribution in [1.82, 2.24) is 14.6 Å². The molecule has 1 amide bonds. The number of aromatic nitrogens is 2. The van der Waals surface area contributed by atoms with Gasteiger partial charge in [0.25, 0.3) is 0 Å². The van der Waals surface area contributed by atoms with Gasteiger partial charge in [-0.3, -0.25) is 19.2 Å². The summed E-state index contributed by atoms with van der Waals surface area (Å²) >= 11 is 0. The molecule has 1 aliphatic heterocycles. The largest absolute Gasteiger partial charge is 0.480 e. The van der Waals surface area contributed by atoms with Crippen molar-refractivity contribution >= 4 is 25.6 Å². The van der Waals surface area contributed by atoms with E-state index in [1.54, 1.807) is 39.0 Å². The van der Waals surface area contributed by atoms with Crippen LogP contribution in [0.2, 0.25) is 0 Å². The molecule has 1 saturated heterocycles. The third-order valence-corrected chi connectivity index (χ3v) is 6.72. The molecular weight excluding hydrogens is 523 g/mol. The Morgan fingerprint density at radius 2 is 1.95 bits per heavy atom. The van der Waals surface area contributed by atoms with Gasteiger partial charge >= 0.3 is 25.5 Å². The van der Waals surface area contributed by atoms with Crippen LogP contribution in [0.5, 0.6) is 5.75 Å². The number of nitrogens with one attached hydrogen (secondary N) is 2. The Hall–Kier alpha value is -3.29. The number of aliphatic hydroxyl groups is 1. The lowest BCUT2D eigenvalue weighted by molar-refractivity contribution is -0.138. The van der Waals surface area contributed by atoms with E-state index in [1.165, 1.54) is 31.3 Å². The fraction of sp³-hybridized carbons (Fsp3) is 0.478. The minimum absolute atomic E-state index is 0.0166. The van der Waals surface area contributed by atoms with E-state index in [1.807, 2.05) is 0 Å². The zero-order valence-electron chi connectivity index (χ0n) is 21.3. The van der Waals surface area contributed by atoms with Crippen molar-refractivity contribution < 1.29 is 42.9 Å². The smallest absolute Gasteiger partial charge is 0.459 e. The summed E-state index contributed by atoms with van der Waals surface area (Å²) in [6, 6.07) is 8.10. The maximum absolute atomic E-state index is 13.3. The van der Waals surface area contributed by atoms with Gasteiger partial charge in [0, 0.05) is 12.6 Å². The summed E-state index contributed by atoms with van der Waals surface area (Å²) in [5.74, 6) is -1.14. The number of nitrogens with zero attached hydrogens (tertiary/aromatic N) is 2. The fourth-order valence-corrected chi connectivity index (χ4v) is 4.83. The quantitative estimate of drug-likeness (QED) is 0.315. The molecule has 1 fully saturated rings. The standard InChI is InChI=1S/C23H31N4O10P/c1-14(20(29)30)26-38(33,37-15-8-6-5-7-9-15)34-13-17-16(28)12-19(35-17)27-11-10-18(24-21(27)31)25-22(32)36-23(2,3)4/h5-11,14,16-17,19,28H,12-13H2,1-4H3,(H,26,33)(H,29,30)(H,24,25,31,32)/t14?,16-,17+,19+,38?/m0/s1. The first-order valence-electron chi connectivity index (χ1n) is 11.7. The van der Waals surface area contributed by atoms with Crippen molar-refractivity contribution in [2.75, 3.05) is 11.9 Å². The highest BCUT2D eigenvalue weighted by Crippen LogP contribution is 2.45. The summed E-state index contributed by atoms with van der Waals surface area (Å²) < 4.78 is 36.2. The van der Waals surface area contributed by atoms with Crippen LogP contribution < -0.4 is 20.6 Å². The summed E-state index contributed by atoms with van der Waals surface area (Å²) in [6.07, 6.45) is -2.54. The molecule has 0 saturated carbocycles. The first kappa shape index (κ1) is 29.3. The van der Waals surface area contributed by atoms with Crippen LogP contribution in [-0.4, -0.2) is 62.3 Å². The van der Waals surface area contributed by atoms with Crippen molar-refractivity contribution in [2.45, 2.75) is 64.2 Å². The average molecular weight is 554 g/mol. The summed E-state index contributed by atoms with van der Waals surface area (Å²) in [6.45, 7) is 5.90. The van der Waals surface area contributed by atoms with Gasteiger partial charge < -0.3 is 24.2 Å². The molecule has 208 valence electrons. The maximum atomic E-state index is 13.3. The van der Waals surface area contributed by atoms with E-state index in [0.29, 0.717) is 0 Å². The number of anilines is 1. The summed E-state index contributed by atoms with van der Waals surface area (Å²) in [4.78, 5) is 39.5. The zero-order valence-corrected chi connectivity index (χ0v) is 22.2. The molecule has 1 aromatic carbocycles. The highest BCUT2D eigenvalue weighted by atomic mass is 31.2. The number of amides is 1. The van der Waals surface area contributed by atoms with Crippen LogP contribution in [0.4, 0.5) is 10.6 Å². The van der Waals surface area contributed by atoms with E-state index in [2.05, 4.69) is 15.4 Å². The molecular formula is C23H31N4O10P. The second-order valence-electron chi connectivity index (χ2n) is 9.45. The van der Waals surface area contributed by atoms with Gasteiger partial charge in [-0.2, -0.15) is 10.1 Å². The number of hydrogen-bond donors (Lipinski definition) is 4. The van der Waals surface area contributed by atoms with Crippen molar-refractivity contribution in [3.63, 3.8) is 0 Å². The number of carboxylic acid groups (broad SMARTS) is 1. The zero-order chi connectivity index (χ0) is 28.1. The van der Waals surface area contributed by atoms with E-state index in [-0.39, 0.29) is 18.0 Å². The number of carbonyl (C=O) groups excluding carboxylic acids is 1. The third-order valence-electron chi connectivity index (χ3n) is 5.07. The first-order valence-corrected chi connectivity index (χ1v) is 13.2. The van der Waals surface area contributed by atoms with E-state index < -0.39 is 62.2 Å². The van der Waals surface area contributed by atoms with Gasteiger partial charge in [0.2, 0.25) is 0 Å². The molecule has 1 aliphatic rings. The molecule has 3 rings (SSSR count). The SMILES string of the molecule is CC(NP(=O)(OC[C@H]1O[C@@H](n2ccc(NC(=O)OC(C)(C)C)nc2=O)C[C@@H]1O)Oc1ccccc1)C(=O)O. The van der Waals surface area contributed by atoms with Crippen LogP contribution in [0, 0.1) is 0 Å². The molecule has 14 nitrogen and oxygen atoms in total. The monoisotopic (exact) mass is 554 g/mol. The van der Waals surface area contributed by atoms with Crippen molar-refractivity contribution in [2.24, 2.45) is 0 Å². The van der Waals surface area contributed by atoms with Crippen LogP contribution in [0.1, 0.15) is 40.3 Å². The predicted molar refractivity (Wildman–Crippen MR) is 134 cm³/mol. The highest BCUT2D eigenvalue weighted by molar-refractivity contribution is 7.52. The molecule has 38 heavy (non-hydrogen) atoms. The van der Waals surface area contributed by atoms with Crippen molar-refractivity contribution in [1.29, 1.82) is 0 Å². The predicted octanol–water partition coefficient (Wildman–Crippen LogP) is 2.51. The van der Waals surface area contributed by atoms with Crippen LogP contribution in [0.25, 0.3) is 0 Å². The van der Waals surface area contributed by atoms with E-state index in [0.717, 1.165) is 4.57 Å². The van der Waals surface area contributed by atoms with Crippen molar-refractivity contribution in [3.8, 4) is 5.75 Å². The molecule has 2 aromatic rings. The molecule has 0 spiro atoms. The molecule has 0 radical (unpaired) electrons. The van der Waals surface area contributed by atoms with E-state index in [4.69, 9.17) is 18.5 Å². The van der Waals surface area contributed by atoms with Crippen LogP contribution in [0.15, 0.2) is 47.4 Å². The first-order chi connectivity index (χ1) is 17.7. The minimum Gasteiger partial charge on any atom is -0.480 e. The van der Waals surface area contributed by atoms with E-state index in [9.17, 15) is 29.2 Å². The number of rotatable bonds is 10. The van der Waals surface area contributed by atoms with Crippen molar-refractivity contribution in [3.05, 3.63) is 53.1 Å². The summed E-state index contributed by atoms with van der Waals surface area (Å²) in [7, 11) is -4.22. The Labute approximate surface area is 218 Å². The van der Waals surface area contributed by atoms with Gasteiger partial charge in [0.1, 0.15) is 35.5 Å². The lowest BCUT2D eigenvalue weighted by Crippen LogP contribution is -2.35. The molecule has 4 N–H and O–H groups in total. The summed E-state index contributed by atoms with van der Waals surface area (Å²) in [5.41, 5.74) is -1.49. The molecule has 1 aromatic heterocycles. The topological polar surface area (TPSA) is 188 Å². The molecule has 5 atom stereocenters. The Kier molecular flexibility index (Phi) is 9.28. The number of para-hydroxylation sites is 1. The lowest BCUT2D eigenvalue weighted by Gasteiger charge is -2.24. The molecule has 2 unspecified atom stereocenters. The number of benzene rings is 1. The van der Waals surface area contributed by atoms with Crippen LogP contribution in [-0.2, 0) is 23.4 Å². The van der Waals surface area contributed by atoms with Gasteiger partial charge in [0.15, 0.2) is 0 Å². The van der Waals surface area contributed by atoms with Gasteiger partial charge in [-0.1, -0.05) is 18.2 Å². The van der Waals surface area contributed by atoms with Gasteiger partial charge in [-0.25, -0.2) is 14.2 Å². The Balaban J connectivity index is 1.66. The number of carbonyl (C=O) groups is 2. The number of carboxylic acids is 1. The minimum atomic E-state index is -4.22.